The number of nitrogens with one attached hydrogen (secondary N) is 1. The molecule has 0 spiro atoms. The lowest BCUT2D eigenvalue weighted by Gasteiger charge is -2.34. The van der Waals surface area contributed by atoms with E-state index in [4.69, 9.17) is 0 Å². The number of hydrogen-bond donors (Lipinski definition) is 1. The second kappa shape index (κ2) is 9.36. The van der Waals surface area contributed by atoms with Crippen LogP contribution in [-0.4, -0.2) is 50.1 Å². The second-order valence-electron chi connectivity index (χ2n) is 6.21. The van der Waals surface area contributed by atoms with Crippen LogP contribution < -0.4 is 10.2 Å². The van der Waals surface area contributed by atoms with E-state index >= 15 is 0 Å². The second-order valence-corrected chi connectivity index (χ2v) is 6.21. The summed E-state index contributed by atoms with van der Waals surface area (Å²) in [5, 5.41) is 3.26. The van der Waals surface area contributed by atoms with Crippen LogP contribution in [0.1, 0.15) is 13.3 Å². The zero-order valence-electron chi connectivity index (χ0n) is 13.6. The lowest BCUT2D eigenvalue weighted by atomic mass is 9.88. The Kier molecular flexibility index (Phi) is 8.17. The highest BCUT2D eigenvalue weighted by Gasteiger charge is 2.32. The Morgan fingerprint density at radius 2 is 1.78 bits per heavy atom. The first-order valence-corrected chi connectivity index (χ1v) is 8.05. The summed E-state index contributed by atoms with van der Waals surface area (Å²) in [7, 11) is 0. The Labute approximate surface area is 151 Å². The van der Waals surface area contributed by atoms with Gasteiger partial charge in [0.25, 0.3) is 0 Å². The number of para-hydroxylation sites is 1. The molecule has 1 atom stereocenters. The smallest absolute Gasteiger partial charge is 0.225 e. The lowest BCUT2D eigenvalue weighted by Crippen LogP contribution is -2.50. The largest absolute Gasteiger partial charge is 0.370 e. The number of amides is 1. The topological polar surface area (TPSA) is 35.6 Å². The third-order valence-corrected chi connectivity index (χ3v) is 4.84. The fraction of sp³-hybridized carbons (Fsp3) is 0.588. The molecule has 1 aromatic carbocycles. The summed E-state index contributed by atoms with van der Waals surface area (Å²) in [6.07, 6.45) is 1.05. The zero-order chi connectivity index (χ0) is 14.7. The number of nitrogens with zero attached hydrogens (tertiary/aromatic N) is 2. The van der Waals surface area contributed by atoms with Crippen molar-refractivity contribution in [1.29, 1.82) is 0 Å². The van der Waals surface area contributed by atoms with Gasteiger partial charge in [0.15, 0.2) is 0 Å². The molecule has 1 unspecified atom stereocenters. The highest BCUT2D eigenvalue weighted by molar-refractivity contribution is 5.85. The number of halogens is 2. The molecular formula is C17H27Cl2N3O. The van der Waals surface area contributed by atoms with E-state index in [1.165, 1.54) is 5.69 Å². The predicted molar refractivity (Wildman–Crippen MR) is 99.9 cm³/mol. The fourth-order valence-corrected chi connectivity index (χ4v) is 3.19. The molecule has 1 aromatic rings. The minimum absolute atomic E-state index is 0. The monoisotopic (exact) mass is 359 g/mol. The Morgan fingerprint density at radius 3 is 2.39 bits per heavy atom. The van der Waals surface area contributed by atoms with E-state index in [1.54, 1.807) is 0 Å². The van der Waals surface area contributed by atoms with Gasteiger partial charge in [-0.05, 0) is 37.6 Å². The van der Waals surface area contributed by atoms with E-state index in [9.17, 15) is 4.79 Å². The molecule has 2 aliphatic rings. The molecule has 0 bridgehead atoms. The third-order valence-electron chi connectivity index (χ3n) is 4.84. The summed E-state index contributed by atoms with van der Waals surface area (Å²) in [6, 6.07) is 10.5. The molecule has 1 amide bonds. The van der Waals surface area contributed by atoms with Crippen molar-refractivity contribution in [2.75, 3.05) is 44.2 Å². The van der Waals surface area contributed by atoms with Crippen LogP contribution >= 0.6 is 24.8 Å². The van der Waals surface area contributed by atoms with E-state index in [1.807, 2.05) is 6.07 Å². The van der Waals surface area contributed by atoms with Crippen LogP contribution in [0.15, 0.2) is 30.3 Å². The first-order valence-electron chi connectivity index (χ1n) is 8.05. The van der Waals surface area contributed by atoms with Crippen molar-refractivity contribution in [3.63, 3.8) is 0 Å². The van der Waals surface area contributed by atoms with Crippen LogP contribution in [-0.2, 0) is 4.79 Å². The zero-order valence-corrected chi connectivity index (χ0v) is 15.2. The molecule has 0 radical (unpaired) electrons. The maximum atomic E-state index is 12.6. The van der Waals surface area contributed by atoms with Gasteiger partial charge in [-0.3, -0.25) is 4.79 Å². The molecule has 2 fully saturated rings. The van der Waals surface area contributed by atoms with Crippen LogP contribution in [0, 0.1) is 11.8 Å². The Balaban J connectivity index is 0.00000132. The van der Waals surface area contributed by atoms with Gasteiger partial charge in [0.1, 0.15) is 0 Å². The third kappa shape index (κ3) is 4.75. The van der Waals surface area contributed by atoms with E-state index in [0.717, 1.165) is 45.7 Å². The van der Waals surface area contributed by atoms with Crippen molar-refractivity contribution in [3.05, 3.63) is 30.3 Å². The van der Waals surface area contributed by atoms with E-state index < -0.39 is 0 Å². The molecule has 130 valence electrons. The van der Waals surface area contributed by atoms with Gasteiger partial charge in [0, 0.05) is 37.8 Å². The summed E-state index contributed by atoms with van der Waals surface area (Å²) < 4.78 is 0. The summed E-state index contributed by atoms with van der Waals surface area (Å²) in [5.74, 6) is 1.04. The summed E-state index contributed by atoms with van der Waals surface area (Å²) in [6.45, 7) is 7.80. The fourth-order valence-electron chi connectivity index (χ4n) is 3.19. The van der Waals surface area contributed by atoms with Crippen molar-refractivity contribution >= 4 is 36.4 Å². The van der Waals surface area contributed by atoms with Crippen LogP contribution in [0.5, 0.6) is 0 Å². The maximum Gasteiger partial charge on any atom is 0.225 e. The van der Waals surface area contributed by atoms with Crippen molar-refractivity contribution in [2.24, 2.45) is 11.8 Å². The van der Waals surface area contributed by atoms with Gasteiger partial charge in [0.05, 0.1) is 0 Å². The SMILES string of the molecule is CC(C(=O)N1CCCN(c2ccccc2)CC1)C1CNC1.Cl.Cl. The first kappa shape index (κ1) is 20.1. The molecule has 0 aromatic heterocycles. The van der Waals surface area contributed by atoms with Gasteiger partial charge in [0.2, 0.25) is 5.91 Å². The number of carbonyl (C=O) groups is 1. The summed E-state index contributed by atoms with van der Waals surface area (Å²) >= 11 is 0. The number of benzene rings is 1. The van der Waals surface area contributed by atoms with Crippen molar-refractivity contribution in [3.8, 4) is 0 Å². The standard InChI is InChI=1S/C17H25N3O.2ClH/c1-14(15-12-18-13-15)17(21)20-9-5-8-19(10-11-20)16-6-3-2-4-7-16;;/h2-4,6-7,14-15,18H,5,8-13H2,1H3;2*1H. The van der Waals surface area contributed by atoms with Crippen LogP contribution in [0.3, 0.4) is 0 Å². The number of carbonyl (C=O) groups excluding carboxylic acids is 1. The minimum Gasteiger partial charge on any atom is -0.370 e. The molecule has 4 nitrogen and oxygen atoms in total. The van der Waals surface area contributed by atoms with E-state index in [0.29, 0.717) is 11.8 Å². The predicted octanol–water partition coefficient (Wildman–Crippen LogP) is 2.42. The molecule has 23 heavy (non-hydrogen) atoms. The molecule has 0 saturated carbocycles. The molecule has 3 rings (SSSR count). The van der Waals surface area contributed by atoms with Crippen molar-refractivity contribution in [2.45, 2.75) is 13.3 Å². The normalized spacial score (nSPS) is 19.7. The van der Waals surface area contributed by atoms with Crippen molar-refractivity contribution < 1.29 is 4.79 Å². The van der Waals surface area contributed by atoms with Gasteiger partial charge >= 0.3 is 0 Å². The molecule has 2 aliphatic heterocycles. The van der Waals surface area contributed by atoms with Gasteiger partial charge in [-0.1, -0.05) is 25.1 Å². The van der Waals surface area contributed by atoms with E-state index in [2.05, 4.69) is 46.3 Å². The lowest BCUT2D eigenvalue weighted by molar-refractivity contribution is -0.137. The highest BCUT2D eigenvalue weighted by atomic mass is 35.5. The molecule has 6 heteroatoms. The van der Waals surface area contributed by atoms with Gasteiger partial charge in [-0.15, -0.1) is 24.8 Å². The molecule has 1 N–H and O–H groups in total. The Bertz CT molecular complexity index is 482. The van der Waals surface area contributed by atoms with Crippen LogP contribution in [0.25, 0.3) is 0 Å². The van der Waals surface area contributed by atoms with Gasteiger partial charge in [-0.2, -0.15) is 0 Å². The van der Waals surface area contributed by atoms with Gasteiger partial charge < -0.3 is 15.1 Å². The molecule has 0 aliphatic carbocycles. The number of anilines is 1. The van der Waals surface area contributed by atoms with Crippen LogP contribution in [0.2, 0.25) is 0 Å². The average Bonchev–Trinajstić information content (AvgIpc) is 2.71. The molecular weight excluding hydrogens is 333 g/mol. The van der Waals surface area contributed by atoms with Gasteiger partial charge in [-0.25, -0.2) is 0 Å². The molecule has 2 heterocycles. The number of rotatable bonds is 3. The Morgan fingerprint density at radius 1 is 1.09 bits per heavy atom. The average molecular weight is 360 g/mol. The highest BCUT2D eigenvalue weighted by Crippen LogP contribution is 2.21. The Hall–Kier alpha value is -0.970. The van der Waals surface area contributed by atoms with Crippen molar-refractivity contribution in [1.82, 2.24) is 10.2 Å². The minimum atomic E-state index is 0. The molecule has 2 saturated heterocycles. The quantitative estimate of drug-likeness (QED) is 0.899. The first-order chi connectivity index (χ1) is 10.3. The number of hydrogen-bond acceptors (Lipinski definition) is 3. The summed E-state index contributed by atoms with van der Waals surface area (Å²) in [4.78, 5) is 17.1. The maximum absolute atomic E-state index is 12.6. The van der Waals surface area contributed by atoms with E-state index in [-0.39, 0.29) is 30.7 Å². The summed E-state index contributed by atoms with van der Waals surface area (Å²) in [5.41, 5.74) is 1.27. The van der Waals surface area contributed by atoms with Crippen LogP contribution in [0.4, 0.5) is 5.69 Å².